The average molecular weight is 491 g/mol. The maximum atomic E-state index is 11.4. The van der Waals surface area contributed by atoms with Crippen LogP contribution in [0.15, 0.2) is 0 Å². The summed E-state index contributed by atoms with van der Waals surface area (Å²) >= 11 is 0. The van der Waals surface area contributed by atoms with Gasteiger partial charge >= 0.3 is 23.9 Å². The minimum atomic E-state index is -0.711. The standard InChI is InChI=1S/C18H34O4.2C4H8O2/c1-3-5-15-21-17(19)13-11-9-7-8-10-12-14-18(20)22-16-6-4-2;2*1-2-3-4(5)6/h3-16H2,1-2H3;2*2-3H2,1H3,(H,5,6). The molecule has 0 heterocycles. The normalized spacial score (nSPS) is 9.65. The van der Waals surface area contributed by atoms with Gasteiger partial charge in [-0.05, 0) is 38.5 Å². The maximum Gasteiger partial charge on any atom is 0.305 e. The fourth-order valence-corrected chi connectivity index (χ4v) is 2.48. The van der Waals surface area contributed by atoms with E-state index >= 15 is 0 Å². The molecule has 34 heavy (non-hydrogen) atoms. The summed E-state index contributed by atoms with van der Waals surface area (Å²) in [5.41, 5.74) is 0. The summed E-state index contributed by atoms with van der Waals surface area (Å²) in [6, 6.07) is 0. The van der Waals surface area contributed by atoms with E-state index in [1.807, 2.05) is 13.8 Å². The Kier molecular flexibility index (Phi) is 33.1. The predicted octanol–water partition coefficient (Wildman–Crippen LogP) is 6.54. The summed E-state index contributed by atoms with van der Waals surface area (Å²) in [5, 5.41) is 15.8. The van der Waals surface area contributed by atoms with Crippen LogP contribution < -0.4 is 0 Å². The number of esters is 2. The van der Waals surface area contributed by atoms with E-state index in [9.17, 15) is 19.2 Å². The van der Waals surface area contributed by atoms with Crippen LogP contribution in [0.5, 0.6) is 0 Å². The first-order valence-corrected chi connectivity index (χ1v) is 13.0. The van der Waals surface area contributed by atoms with Gasteiger partial charge in [-0.3, -0.25) is 19.2 Å². The Morgan fingerprint density at radius 1 is 0.471 bits per heavy atom. The first-order valence-electron chi connectivity index (χ1n) is 13.0. The lowest BCUT2D eigenvalue weighted by molar-refractivity contribution is -0.144. The van der Waals surface area contributed by atoms with E-state index in [-0.39, 0.29) is 11.9 Å². The molecule has 0 spiro atoms. The van der Waals surface area contributed by atoms with Crippen molar-refractivity contribution >= 4 is 23.9 Å². The van der Waals surface area contributed by atoms with Crippen molar-refractivity contribution in [2.24, 2.45) is 0 Å². The zero-order valence-corrected chi connectivity index (χ0v) is 22.1. The highest BCUT2D eigenvalue weighted by Gasteiger charge is 2.03. The molecular formula is C26H50O8. The van der Waals surface area contributed by atoms with E-state index in [1.54, 1.807) is 0 Å². The van der Waals surface area contributed by atoms with Crippen LogP contribution in [0.2, 0.25) is 0 Å². The average Bonchev–Trinajstić information content (AvgIpc) is 2.76. The fourth-order valence-electron chi connectivity index (χ4n) is 2.48. The van der Waals surface area contributed by atoms with E-state index in [1.165, 1.54) is 0 Å². The zero-order valence-electron chi connectivity index (χ0n) is 22.1. The lowest BCUT2D eigenvalue weighted by Gasteiger charge is -2.05. The molecule has 0 rings (SSSR count). The van der Waals surface area contributed by atoms with Crippen molar-refractivity contribution in [3.8, 4) is 0 Å². The van der Waals surface area contributed by atoms with E-state index in [4.69, 9.17) is 19.7 Å². The van der Waals surface area contributed by atoms with Crippen molar-refractivity contribution in [2.45, 2.75) is 130 Å². The van der Waals surface area contributed by atoms with Crippen LogP contribution in [0.1, 0.15) is 130 Å². The molecule has 0 bridgehead atoms. The molecule has 8 heteroatoms. The molecule has 8 nitrogen and oxygen atoms in total. The summed E-state index contributed by atoms with van der Waals surface area (Å²) in [4.78, 5) is 41.9. The Hall–Kier alpha value is -2.12. The van der Waals surface area contributed by atoms with Crippen LogP contribution in [-0.2, 0) is 28.7 Å². The van der Waals surface area contributed by atoms with Gasteiger partial charge in [-0.1, -0.05) is 66.2 Å². The Bertz CT molecular complexity index is 447. The van der Waals surface area contributed by atoms with Crippen molar-refractivity contribution in [2.75, 3.05) is 13.2 Å². The number of carbonyl (C=O) groups is 4. The van der Waals surface area contributed by atoms with E-state index in [2.05, 4.69) is 13.8 Å². The lowest BCUT2D eigenvalue weighted by Crippen LogP contribution is -2.05. The highest BCUT2D eigenvalue weighted by atomic mass is 16.5. The van der Waals surface area contributed by atoms with Crippen molar-refractivity contribution in [1.82, 2.24) is 0 Å². The molecule has 2 N–H and O–H groups in total. The topological polar surface area (TPSA) is 127 Å². The number of carboxylic acids is 2. The van der Waals surface area contributed by atoms with Crippen molar-refractivity contribution in [3.05, 3.63) is 0 Å². The van der Waals surface area contributed by atoms with Crippen LogP contribution in [-0.4, -0.2) is 47.3 Å². The van der Waals surface area contributed by atoms with Gasteiger partial charge in [0.05, 0.1) is 13.2 Å². The number of unbranched alkanes of at least 4 members (excludes halogenated alkanes) is 7. The monoisotopic (exact) mass is 490 g/mol. The van der Waals surface area contributed by atoms with Gasteiger partial charge in [0.25, 0.3) is 0 Å². The first kappa shape index (κ1) is 36.4. The molecule has 0 atom stereocenters. The van der Waals surface area contributed by atoms with Gasteiger partial charge in [0.1, 0.15) is 0 Å². The number of ether oxygens (including phenoxy) is 2. The minimum Gasteiger partial charge on any atom is -0.481 e. The van der Waals surface area contributed by atoms with Crippen molar-refractivity contribution < 1.29 is 38.9 Å². The largest absolute Gasteiger partial charge is 0.481 e. The van der Waals surface area contributed by atoms with Gasteiger partial charge in [-0.2, -0.15) is 0 Å². The molecular weight excluding hydrogens is 440 g/mol. The summed E-state index contributed by atoms with van der Waals surface area (Å²) in [6.45, 7) is 8.97. The number of carboxylic acid groups (broad SMARTS) is 2. The summed E-state index contributed by atoms with van der Waals surface area (Å²) in [7, 11) is 0. The van der Waals surface area contributed by atoms with Gasteiger partial charge in [0.2, 0.25) is 0 Å². The van der Waals surface area contributed by atoms with Crippen LogP contribution in [0.4, 0.5) is 0 Å². The fraction of sp³-hybridized carbons (Fsp3) is 0.846. The van der Waals surface area contributed by atoms with Gasteiger partial charge in [0, 0.05) is 25.7 Å². The second-order valence-electron chi connectivity index (χ2n) is 8.06. The predicted molar refractivity (Wildman–Crippen MR) is 134 cm³/mol. The maximum absolute atomic E-state index is 11.4. The number of aliphatic carboxylic acids is 2. The first-order chi connectivity index (χ1) is 16.2. The van der Waals surface area contributed by atoms with Gasteiger partial charge in [-0.25, -0.2) is 0 Å². The van der Waals surface area contributed by atoms with Gasteiger partial charge in [-0.15, -0.1) is 0 Å². The van der Waals surface area contributed by atoms with Crippen molar-refractivity contribution in [3.63, 3.8) is 0 Å². The lowest BCUT2D eigenvalue weighted by atomic mass is 10.1. The van der Waals surface area contributed by atoms with Crippen LogP contribution >= 0.6 is 0 Å². The molecule has 0 radical (unpaired) electrons. The third-order valence-corrected chi connectivity index (χ3v) is 4.46. The van der Waals surface area contributed by atoms with Crippen LogP contribution in [0.25, 0.3) is 0 Å². The van der Waals surface area contributed by atoms with E-state index in [0.717, 1.165) is 77.0 Å². The molecule has 202 valence electrons. The molecule has 0 fully saturated rings. The highest BCUT2D eigenvalue weighted by molar-refractivity contribution is 5.69. The summed E-state index contributed by atoms with van der Waals surface area (Å²) < 4.78 is 10.2. The molecule has 0 saturated heterocycles. The molecule has 0 aromatic rings. The highest BCUT2D eigenvalue weighted by Crippen LogP contribution is 2.10. The third-order valence-electron chi connectivity index (χ3n) is 4.46. The minimum absolute atomic E-state index is 0.0664. The molecule has 0 aliphatic rings. The quantitative estimate of drug-likeness (QED) is 0.154. The summed E-state index contributed by atoms with van der Waals surface area (Å²) in [6.07, 6.45) is 13.3. The molecule has 0 unspecified atom stereocenters. The van der Waals surface area contributed by atoms with E-state index in [0.29, 0.717) is 38.9 Å². The molecule has 0 aromatic heterocycles. The van der Waals surface area contributed by atoms with Crippen LogP contribution in [0, 0.1) is 0 Å². The molecule has 0 saturated carbocycles. The molecule has 0 amide bonds. The summed E-state index contributed by atoms with van der Waals surface area (Å²) in [5.74, 6) is -1.55. The van der Waals surface area contributed by atoms with Crippen molar-refractivity contribution in [1.29, 1.82) is 0 Å². The Morgan fingerprint density at radius 3 is 1.03 bits per heavy atom. The number of hydrogen-bond donors (Lipinski definition) is 2. The Labute approximate surface area is 206 Å². The second-order valence-corrected chi connectivity index (χ2v) is 8.06. The molecule has 0 aliphatic carbocycles. The second kappa shape index (κ2) is 30.9. The number of hydrogen-bond acceptors (Lipinski definition) is 6. The van der Waals surface area contributed by atoms with E-state index < -0.39 is 11.9 Å². The Balaban J connectivity index is -0.000000653. The van der Waals surface area contributed by atoms with Gasteiger partial charge < -0.3 is 19.7 Å². The number of rotatable bonds is 19. The molecule has 0 aliphatic heterocycles. The Morgan fingerprint density at radius 2 is 0.794 bits per heavy atom. The smallest absolute Gasteiger partial charge is 0.305 e. The third kappa shape index (κ3) is 40.3. The van der Waals surface area contributed by atoms with Gasteiger partial charge in [0.15, 0.2) is 0 Å². The zero-order chi connectivity index (χ0) is 26.5. The van der Waals surface area contributed by atoms with Crippen LogP contribution in [0.3, 0.4) is 0 Å². The number of carbonyl (C=O) groups excluding carboxylic acids is 2. The SMILES string of the molecule is CCCC(=O)O.CCCC(=O)O.CCCCOC(=O)CCCCCCCCC(=O)OCCCC. The molecule has 0 aromatic carbocycles.